The van der Waals surface area contributed by atoms with Crippen LogP contribution in [0.5, 0.6) is 17.4 Å². The number of anilines is 1. The van der Waals surface area contributed by atoms with E-state index in [1.165, 1.54) is 43.1 Å². The second-order valence-electron chi connectivity index (χ2n) is 8.20. The smallest absolute Gasteiger partial charge is 0.285 e. The highest BCUT2D eigenvalue weighted by Gasteiger charge is 2.30. The van der Waals surface area contributed by atoms with E-state index in [0.717, 1.165) is 9.87 Å². The molecule has 0 aliphatic heterocycles. The van der Waals surface area contributed by atoms with Gasteiger partial charge in [0.1, 0.15) is 18.0 Å². The van der Waals surface area contributed by atoms with Crippen molar-refractivity contribution in [3.05, 3.63) is 72.3 Å². The Morgan fingerprint density at radius 2 is 1.73 bits per heavy atom. The molecule has 1 aromatic heterocycles. The molecular weight excluding hydrogens is 496 g/mol. The van der Waals surface area contributed by atoms with Gasteiger partial charge < -0.3 is 19.1 Å². The predicted molar refractivity (Wildman–Crippen MR) is 139 cm³/mol. The Morgan fingerprint density at radius 1 is 1.03 bits per heavy atom. The number of carbonyl (C=O) groups excluding carboxylic acids is 1. The van der Waals surface area contributed by atoms with Crippen molar-refractivity contribution >= 4 is 38.2 Å². The molecule has 1 N–H and O–H groups in total. The number of aromatic nitrogens is 1. The number of azo groups is 1. The van der Waals surface area contributed by atoms with Gasteiger partial charge in [0, 0.05) is 18.5 Å². The van der Waals surface area contributed by atoms with Gasteiger partial charge in [0.25, 0.3) is 15.9 Å². The van der Waals surface area contributed by atoms with Gasteiger partial charge in [0.2, 0.25) is 5.88 Å². The summed E-state index contributed by atoms with van der Waals surface area (Å²) >= 11 is 0. The summed E-state index contributed by atoms with van der Waals surface area (Å²) in [5.74, 6) is -0.378. The Bertz CT molecular complexity index is 1590. The molecule has 4 aromatic rings. The number of nitrogens with zero attached hydrogens (tertiary/aromatic N) is 4. The van der Waals surface area contributed by atoms with E-state index in [-0.39, 0.29) is 27.9 Å². The minimum absolute atomic E-state index is 0.00703. The number of ether oxygens (including phenoxy) is 2. The molecule has 0 saturated heterocycles. The first-order valence-electron chi connectivity index (χ1n) is 11.2. The number of rotatable bonds is 8. The SMILES string of the molecule is COc1ccc(N(CC(=O)N=Nc2c(O)n(C)c3ccccc23)S(=O)(=O)c2ccc(C)cc2)c(OC)c1. The van der Waals surface area contributed by atoms with Crippen molar-refractivity contribution in [2.24, 2.45) is 17.3 Å². The van der Waals surface area contributed by atoms with Gasteiger partial charge >= 0.3 is 0 Å². The van der Waals surface area contributed by atoms with E-state index in [9.17, 15) is 18.3 Å². The molecule has 192 valence electrons. The number of fused-ring (bicyclic) bond motifs is 1. The average Bonchev–Trinajstić information content (AvgIpc) is 3.15. The summed E-state index contributed by atoms with van der Waals surface area (Å²) in [6.45, 7) is 1.18. The van der Waals surface area contributed by atoms with E-state index >= 15 is 0 Å². The number of para-hydroxylation sites is 1. The zero-order valence-corrected chi connectivity index (χ0v) is 21.6. The largest absolute Gasteiger partial charge is 0.497 e. The van der Waals surface area contributed by atoms with Crippen LogP contribution >= 0.6 is 0 Å². The molecule has 0 aliphatic carbocycles. The van der Waals surface area contributed by atoms with E-state index in [2.05, 4.69) is 10.2 Å². The Kier molecular flexibility index (Phi) is 7.16. The van der Waals surface area contributed by atoms with E-state index in [1.807, 2.05) is 13.0 Å². The van der Waals surface area contributed by atoms with Gasteiger partial charge in [-0.2, -0.15) is 0 Å². The number of aryl methyl sites for hydroxylation is 2. The maximum absolute atomic E-state index is 13.7. The van der Waals surface area contributed by atoms with Gasteiger partial charge in [-0.25, -0.2) is 8.42 Å². The number of carbonyl (C=O) groups is 1. The fraction of sp³-hybridized carbons (Fsp3) is 0.192. The first-order valence-corrected chi connectivity index (χ1v) is 12.6. The number of hydrogen-bond acceptors (Lipinski definition) is 7. The quantitative estimate of drug-likeness (QED) is 0.334. The zero-order chi connectivity index (χ0) is 26.7. The van der Waals surface area contributed by atoms with Gasteiger partial charge in [0.05, 0.1) is 30.3 Å². The molecule has 0 saturated carbocycles. The summed E-state index contributed by atoms with van der Waals surface area (Å²) in [6, 6.07) is 18.0. The molecule has 4 rings (SSSR count). The molecule has 0 fully saturated rings. The third-order valence-corrected chi connectivity index (χ3v) is 7.63. The van der Waals surface area contributed by atoms with Crippen LogP contribution in [0, 0.1) is 6.92 Å². The summed E-state index contributed by atoms with van der Waals surface area (Å²) in [6.07, 6.45) is 0. The molecule has 0 aliphatic rings. The van der Waals surface area contributed by atoms with E-state index < -0.39 is 22.5 Å². The van der Waals surface area contributed by atoms with Crippen molar-refractivity contribution in [1.29, 1.82) is 0 Å². The molecule has 1 amide bonds. The van der Waals surface area contributed by atoms with Gasteiger partial charge in [-0.15, -0.1) is 10.2 Å². The maximum atomic E-state index is 13.7. The van der Waals surface area contributed by atoms with Crippen LogP contribution in [0.2, 0.25) is 0 Å². The van der Waals surface area contributed by atoms with E-state index in [4.69, 9.17) is 9.47 Å². The lowest BCUT2D eigenvalue weighted by Crippen LogP contribution is -2.35. The minimum Gasteiger partial charge on any atom is -0.497 e. The Hall–Kier alpha value is -4.38. The normalized spacial score (nSPS) is 11.7. The summed E-state index contributed by atoms with van der Waals surface area (Å²) in [7, 11) is 0.317. The van der Waals surface area contributed by atoms with Gasteiger partial charge in [-0.1, -0.05) is 35.9 Å². The van der Waals surface area contributed by atoms with Crippen LogP contribution in [0.1, 0.15) is 5.56 Å². The Morgan fingerprint density at radius 3 is 2.41 bits per heavy atom. The minimum atomic E-state index is -4.20. The summed E-state index contributed by atoms with van der Waals surface area (Å²) in [5, 5.41) is 18.8. The molecule has 0 radical (unpaired) electrons. The van der Waals surface area contributed by atoms with Crippen LogP contribution in [-0.4, -0.2) is 44.8 Å². The lowest BCUT2D eigenvalue weighted by Gasteiger charge is -2.25. The molecule has 0 bridgehead atoms. The first-order chi connectivity index (χ1) is 17.7. The van der Waals surface area contributed by atoms with Crippen LogP contribution in [0.25, 0.3) is 10.9 Å². The molecule has 0 spiro atoms. The second kappa shape index (κ2) is 10.3. The molecule has 11 heteroatoms. The Balaban J connectivity index is 1.75. The molecule has 0 unspecified atom stereocenters. The molecule has 0 atom stereocenters. The topological polar surface area (TPSA) is 123 Å². The highest BCUT2D eigenvalue weighted by Crippen LogP contribution is 2.38. The monoisotopic (exact) mass is 522 g/mol. The van der Waals surface area contributed by atoms with Crippen LogP contribution in [0.15, 0.2) is 81.9 Å². The third-order valence-electron chi connectivity index (χ3n) is 5.85. The lowest BCUT2D eigenvalue weighted by atomic mass is 10.2. The van der Waals surface area contributed by atoms with Gasteiger partial charge in [-0.3, -0.25) is 9.10 Å². The summed E-state index contributed by atoms with van der Waals surface area (Å²) < 4.78 is 40.4. The first kappa shape index (κ1) is 25.7. The molecule has 3 aromatic carbocycles. The van der Waals surface area contributed by atoms with Gasteiger partial charge in [-0.05, 0) is 37.3 Å². The molecule has 10 nitrogen and oxygen atoms in total. The van der Waals surface area contributed by atoms with E-state index in [1.54, 1.807) is 43.4 Å². The predicted octanol–water partition coefficient (Wildman–Crippen LogP) is 4.72. The van der Waals surface area contributed by atoms with Crippen LogP contribution in [0.3, 0.4) is 0 Å². The second-order valence-corrected chi connectivity index (χ2v) is 10.1. The summed E-state index contributed by atoms with van der Waals surface area (Å²) in [4.78, 5) is 13.0. The molecule has 1 heterocycles. The standard InChI is InChI=1S/C26H26N4O6S/c1-17-9-12-19(13-10-17)37(33,34)30(22-14-11-18(35-3)15-23(22)36-4)16-24(31)27-28-25-20-7-5-6-8-21(20)29(2)26(25)32/h5-15,32H,16H2,1-4H3. The third kappa shape index (κ3) is 4.98. The fourth-order valence-corrected chi connectivity index (χ4v) is 5.27. The average molecular weight is 523 g/mol. The summed E-state index contributed by atoms with van der Waals surface area (Å²) in [5.41, 5.74) is 1.82. The number of methoxy groups -OCH3 is 2. The number of sulfonamides is 1. The number of amides is 1. The lowest BCUT2D eigenvalue weighted by molar-refractivity contribution is -0.116. The molecule has 37 heavy (non-hydrogen) atoms. The van der Waals surface area contributed by atoms with Crippen molar-refractivity contribution in [3.63, 3.8) is 0 Å². The zero-order valence-electron chi connectivity index (χ0n) is 20.7. The highest BCUT2D eigenvalue weighted by atomic mass is 32.2. The number of hydrogen-bond donors (Lipinski definition) is 1. The fourth-order valence-electron chi connectivity index (χ4n) is 3.85. The van der Waals surface area contributed by atoms with Crippen molar-refractivity contribution in [2.75, 3.05) is 25.1 Å². The number of aromatic hydroxyl groups is 1. The van der Waals surface area contributed by atoms with Crippen LogP contribution < -0.4 is 13.8 Å². The van der Waals surface area contributed by atoms with Crippen LogP contribution in [0.4, 0.5) is 11.4 Å². The van der Waals surface area contributed by atoms with Gasteiger partial charge in [0.15, 0.2) is 5.69 Å². The van der Waals surface area contributed by atoms with Crippen molar-refractivity contribution in [2.45, 2.75) is 11.8 Å². The van der Waals surface area contributed by atoms with Crippen molar-refractivity contribution < 1.29 is 27.8 Å². The Labute approximate surface area is 214 Å². The van der Waals surface area contributed by atoms with Crippen LogP contribution in [-0.2, 0) is 21.9 Å². The maximum Gasteiger partial charge on any atom is 0.285 e. The van der Waals surface area contributed by atoms with Crippen molar-refractivity contribution in [3.8, 4) is 17.4 Å². The molecular formula is C26H26N4O6S. The van der Waals surface area contributed by atoms with Crippen molar-refractivity contribution in [1.82, 2.24) is 4.57 Å². The highest BCUT2D eigenvalue weighted by molar-refractivity contribution is 7.92. The number of benzene rings is 3. The van der Waals surface area contributed by atoms with E-state index in [0.29, 0.717) is 16.7 Å².